The van der Waals surface area contributed by atoms with Crippen LogP contribution in [0, 0.1) is 6.92 Å². The maximum atomic E-state index is 10.7. The molecule has 1 aromatic heterocycles. The minimum Gasteiger partial charge on any atom is -0.380 e. The number of aromatic nitrogens is 2. The molecule has 0 radical (unpaired) electrons. The number of fused-ring (bicyclic) bond motifs is 1. The van der Waals surface area contributed by atoms with E-state index in [0.717, 1.165) is 16.6 Å². The van der Waals surface area contributed by atoms with Crippen molar-refractivity contribution in [3.05, 3.63) is 65.5 Å². The molecular weight excluding hydrogens is 260 g/mol. The molecule has 108 valence electrons. The maximum absolute atomic E-state index is 10.7. The SMILES string of the molecule is Cc1ccc([C@H](O)c2nc3ccccc3n2C(C)C)cc1. The molecule has 0 aliphatic carbocycles. The van der Waals surface area contributed by atoms with E-state index < -0.39 is 6.10 Å². The molecule has 0 unspecified atom stereocenters. The Morgan fingerprint density at radius 1 is 1.00 bits per heavy atom. The molecule has 21 heavy (non-hydrogen) atoms. The molecule has 0 spiro atoms. The first-order valence-electron chi connectivity index (χ1n) is 7.29. The van der Waals surface area contributed by atoms with Crippen molar-refractivity contribution < 1.29 is 5.11 Å². The number of aliphatic hydroxyl groups is 1. The van der Waals surface area contributed by atoms with E-state index in [1.165, 1.54) is 5.56 Å². The summed E-state index contributed by atoms with van der Waals surface area (Å²) in [5, 5.41) is 10.7. The first-order chi connectivity index (χ1) is 10.1. The normalized spacial score (nSPS) is 13.0. The largest absolute Gasteiger partial charge is 0.380 e. The zero-order valence-electron chi connectivity index (χ0n) is 12.6. The Bertz CT molecular complexity index is 756. The number of hydrogen-bond donors (Lipinski definition) is 1. The van der Waals surface area contributed by atoms with E-state index in [2.05, 4.69) is 23.4 Å². The van der Waals surface area contributed by atoms with Gasteiger partial charge in [0.2, 0.25) is 0 Å². The number of hydrogen-bond acceptors (Lipinski definition) is 2. The topological polar surface area (TPSA) is 38.1 Å². The lowest BCUT2D eigenvalue weighted by Gasteiger charge is -2.17. The monoisotopic (exact) mass is 280 g/mol. The highest BCUT2D eigenvalue weighted by molar-refractivity contribution is 5.76. The predicted octanol–water partition coefficient (Wildman–Crippen LogP) is 4.01. The molecule has 1 N–H and O–H groups in total. The minimum absolute atomic E-state index is 0.243. The van der Waals surface area contributed by atoms with Crippen molar-refractivity contribution >= 4 is 11.0 Å². The van der Waals surface area contributed by atoms with Crippen molar-refractivity contribution in [2.45, 2.75) is 32.9 Å². The van der Waals surface area contributed by atoms with E-state index in [-0.39, 0.29) is 6.04 Å². The third-order valence-electron chi connectivity index (χ3n) is 3.78. The molecule has 3 aromatic rings. The van der Waals surface area contributed by atoms with Crippen LogP contribution in [0.25, 0.3) is 11.0 Å². The van der Waals surface area contributed by atoms with Crippen molar-refractivity contribution in [3.8, 4) is 0 Å². The predicted molar refractivity (Wildman–Crippen MR) is 85.4 cm³/mol. The van der Waals surface area contributed by atoms with Crippen molar-refractivity contribution in [1.82, 2.24) is 9.55 Å². The van der Waals surface area contributed by atoms with Crippen LogP contribution in [0.1, 0.15) is 42.9 Å². The smallest absolute Gasteiger partial charge is 0.143 e. The van der Waals surface area contributed by atoms with Gasteiger partial charge in [-0.25, -0.2) is 4.98 Å². The molecule has 0 aliphatic heterocycles. The quantitative estimate of drug-likeness (QED) is 0.787. The number of imidazole rings is 1. The van der Waals surface area contributed by atoms with Gasteiger partial charge in [0.15, 0.2) is 0 Å². The summed E-state index contributed by atoms with van der Waals surface area (Å²) in [4.78, 5) is 4.65. The van der Waals surface area contributed by atoms with Gasteiger partial charge in [0.25, 0.3) is 0 Å². The first kappa shape index (κ1) is 13.8. The molecule has 0 amide bonds. The molecule has 0 saturated heterocycles. The number of nitrogens with zero attached hydrogens (tertiary/aromatic N) is 2. The van der Waals surface area contributed by atoms with Gasteiger partial charge in [0, 0.05) is 6.04 Å². The highest BCUT2D eigenvalue weighted by Gasteiger charge is 2.20. The lowest BCUT2D eigenvalue weighted by molar-refractivity contribution is 0.203. The molecule has 3 rings (SSSR count). The maximum Gasteiger partial charge on any atom is 0.143 e. The second kappa shape index (κ2) is 5.34. The van der Waals surface area contributed by atoms with Crippen LogP contribution < -0.4 is 0 Å². The van der Waals surface area contributed by atoms with Crippen molar-refractivity contribution in [2.24, 2.45) is 0 Å². The molecule has 1 atom stereocenters. The van der Waals surface area contributed by atoms with Crippen LogP contribution in [0.2, 0.25) is 0 Å². The van der Waals surface area contributed by atoms with Crippen LogP contribution in [0.3, 0.4) is 0 Å². The standard InChI is InChI=1S/C18H20N2O/c1-12(2)20-16-7-5-4-6-15(16)19-18(20)17(21)14-10-8-13(3)9-11-14/h4-12,17,21H,1-3H3/t17-/m0/s1. The fraction of sp³-hybridized carbons (Fsp3) is 0.278. The molecular formula is C18H20N2O. The third-order valence-corrected chi connectivity index (χ3v) is 3.78. The van der Waals surface area contributed by atoms with Gasteiger partial charge < -0.3 is 9.67 Å². The van der Waals surface area contributed by atoms with E-state index in [1.54, 1.807) is 0 Å². The van der Waals surface area contributed by atoms with Gasteiger partial charge >= 0.3 is 0 Å². The van der Waals surface area contributed by atoms with Gasteiger partial charge in [-0.15, -0.1) is 0 Å². The van der Waals surface area contributed by atoms with Crippen molar-refractivity contribution in [2.75, 3.05) is 0 Å². The van der Waals surface area contributed by atoms with Gasteiger partial charge in [-0.05, 0) is 38.5 Å². The van der Waals surface area contributed by atoms with E-state index in [1.807, 2.05) is 55.5 Å². The van der Waals surface area contributed by atoms with Crippen molar-refractivity contribution in [3.63, 3.8) is 0 Å². The van der Waals surface area contributed by atoms with Crippen LogP contribution in [0.15, 0.2) is 48.5 Å². The molecule has 1 heterocycles. The van der Waals surface area contributed by atoms with Gasteiger partial charge in [0.1, 0.15) is 11.9 Å². The van der Waals surface area contributed by atoms with Crippen LogP contribution in [-0.2, 0) is 0 Å². The summed E-state index contributed by atoms with van der Waals surface area (Å²) in [6.45, 7) is 6.26. The second-order valence-electron chi connectivity index (χ2n) is 5.74. The van der Waals surface area contributed by atoms with Crippen LogP contribution in [0.4, 0.5) is 0 Å². The number of benzene rings is 2. The summed E-state index contributed by atoms with van der Waals surface area (Å²) in [5.74, 6) is 0.704. The molecule has 3 heteroatoms. The van der Waals surface area contributed by atoms with Gasteiger partial charge in [-0.2, -0.15) is 0 Å². The van der Waals surface area contributed by atoms with Crippen LogP contribution >= 0.6 is 0 Å². The summed E-state index contributed by atoms with van der Waals surface area (Å²) >= 11 is 0. The zero-order valence-corrected chi connectivity index (χ0v) is 12.6. The fourth-order valence-corrected chi connectivity index (χ4v) is 2.70. The lowest BCUT2D eigenvalue weighted by atomic mass is 10.1. The molecule has 0 fully saturated rings. The van der Waals surface area contributed by atoms with Crippen LogP contribution in [-0.4, -0.2) is 14.7 Å². The fourth-order valence-electron chi connectivity index (χ4n) is 2.70. The highest BCUT2D eigenvalue weighted by atomic mass is 16.3. The first-order valence-corrected chi connectivity index (χ1v) is 7.29. The summed E-state index contributed by atoms with van der Waals surface area (Å²) in [6.07, 6.45) is -0.708. The average molecular weight is 280 g/mol. The summed E-state index contributed by atoms with van der Waals surface area (Å²) < 4.78 is 2.11. The summed E-state index contributed by atoms with van der Waals surface area (Å²) in [6, 6.07) is 16.2. The molecule has 2 aromatic carbocycles. The Balaban J connectivity index is 2.14. The van der Waals surface area contributed by atoms with Gasteiger partial charge in [0.05, 0.1) is 11.0 Å². The average Bonchev–Trinajstić information content (AvgIpc) is 2.86. The van der Waals surface area contributed by atoms with E-state index >= 15 is 0 Å². The zero-order chi connectivity index (χ0) is 15.0. The Morgan fingerprint density at radius 2 is 1.67 bits per heavy atom. The lowest BCUT2D eigenvalue weighted by Crippen LogP contribution is -2.12. The Kier molecular flexibility index (Phi) is 3.52. The molecule has 3 nitrogen and oxygen atoms in total. The third kappa shape index (κ3) is 2.45. The number of aliphatic hydroxyl groups excluding tert-OH is 1. The molecule has 0 bridgehead atoms. The van der Waals surface area contributed by atoms with Crippen molar-refractivity contribution in [1.29, 1.82) is 0 Å². The van der Waals surface area contributed by atoms with E-state index in [4.69, 9.17) is 0 Å². The van der Waals surface area contributed by atoms with E-state index in [0.29, 0.717) is 5.82 Å². The Morgan fingerprint density at radius 3 is 2.33 bits per heavy atom. The van der Waals surface area contributed by atoms with Crippen LogP contribution in [0.5, 0.6) is 0 Å². The Labute approximate surface area is 124 Å². The molecule has 0 saturated carbocycles. The summed E-state index contributed by atoms with van der Waals surface area (Å²) in [7, 11) is 0. The number of rotatable bonds is 3. The second-order valence-corrected chi connectivity index (χ2v) is 5.74. The Hall–Kier alpha value is -2.13. The molecule has 0 aliphatic rings. The number of para-hydroxylation sites is 2. The van der Waals surface area contributed by atoms with Gasteiger partial charge in [-0.1, -0.05) is 42.0 Å². The van der Waals surface area contributed by atoms with Gasteiger partial charge in [-0.3, -0.25) is 0 Å². The van der Waals surface area contributed by atoms with E-state index in [9.17, 15) is 5.11 Å². The minimum atomic E-state index is -0.708. The number of aryl methyl sites for hydroxylation is 1. The highest BCUT2D eigenvalue weighted by Crippen LogP contribution is 2.28. The summed E-state index contributed by atoms with van der Waals surface area (Å²) in [5.41, 5.74) is 4.04.